The smallest absolute Gasteiger partial charge is 0.242 e. The Balaban J connectivity index is 2.19. The molecule has 1 saturated carbocycles. The normalized spacial score (nSPS) is 21.2. The maximum absolute atomic E-state index is 12.6. The van der Waals surface area contributed by atoms with E-state index in [-0.39, 0.29) is 17.6 Å². The number of nitrogens with zero attached hydrogens (tertiary/aromatic N) is 2. The van der Waals surface area contributed by atoms with Crippen LogP contribution >= 0.6 is 0 Å². The van der Waals surface area contributed by atoms with Gasteiger partial charge in [-0.05, 0) is 25.0 Å². The van der Waals surface area contributed by atoms with Crippen LogP contribution in [0.25, 0.3) is 0 Å². The van der Waals surface area contributed by atoms with Crippen molar-refractivity contribution in [2.45, 2.75) is 19.3 Å². The van der Waals surface area contributed by atoms with Gasteiger partial charge in [0.25, 0.3) is 0 Å². The molecule has 1 spiro atoms. The average molecular weight is 260 g/mol. The second-order valence-corrected chi connectivity index (χ2v) is 5.34. The molecule has 100 valence electrons. The lowest BCUT2D eigenvalue weighted by Gasteiger charge is -2.40. The summed E-state index contributed by atoms with van der Waals surface area (Å²) >= 11 is 0. The molecule has 5 heteroatoms. The number of rotatable bonds is 0. The maximum atomic E-state index is 12.6. The summed E-state index contributed by atoms with van der Waals surface area (Å²) in [5, 5.41) is 9.60. The van der Waals surface area contributed by atoms with Crippen molar-refractivity contribution in [1.82, 2.24) is 0 Å². The minimum atomic E-state index is -0.891. The molecule has 1 aromatic rings. The lowest BCUT2D eigenvalue weighted by atomic mass is 9.67. The van der Waals surface area contributed by atoms with Gasteiger partial charge in [-0.2, -0.15) is 0 Å². The molecular formula is C14H16N2O3. The quantitative estimate of drug-likeness (QED) is 0.719. The van der Waals surface area contributed by atoms with Gasteiger partial charge in [-0.15, -0.1) is 0 Å². The molecule has 0 atom stereocenters. The lowest BCUT2D eigenvalue weighted by molar-refractivity contribution is -0.145. The standard InChI is InChI=1S/C14H16N2O3/c1-15-10-5-4-9(17)8-11(10)16(2)13(19)14(12(15)18)6-3-7-14/h4-5,8,17H,3,6-7H2,1-2H3. The molecule has 0 unspecified atom stereocenters. The van der Waals surface area contributed by atoms with E-state index in [2.05, 4.69) is 0 Å². The molecule has 1 aliphatic heterocycles. The first-order chi connectivity index (χ1) is 8.97. The molecule has 0 bridgehead atoms. The summed E-state index contributed by atoms with van der Waals surface area (Å²) in [6.45, 7) is 0. The van der Waals surface area contributed by atoms with Crippen molar-refractivity contribution >= 4 is 23.2 Å². The van der Waals surface area contributed by atoms with Crippen LogP contribution in [-0.4, -0.2) is 31.0 Å². The molecule has 3 rings (SSSR count). The third-order valence-corrected chi connectivity index (χ3v) is 4.32. The van der Waals surface area contributed by atoms with Gasteiger partial charge in [0, 0.05) is 20.2 Å². The molecule has 1 aliphatic carbocycles. The second kappa shape index (κ2) is 3.73. The van der Waals surface area contributed by atoms with E-state index in [9.17, 15) is 14.7 Å². The van der Waals surface area contributed by atoms with Crippen molar-refractivity contribution in [2.75, 3.05) is 23.9 Å². The average Bonchev–Trinajstić information content (AvgIpc) is 2.39. The largest absolute Gasteiger partial charge is 0.508 e. The summed E-state index contributed by atoms with van der Waals surface area (Å²) in [6, 6.07) is 4.72. The first kappa shape index (κ1) is 12.0. The van der Waals surface area contributed by atoms with Crippen molar-refractivity contribution in [1.29, 1.82) is 0 Å². The number of hydrogen-bond acceptors (Lipinski definition) is 3. The van der Waals surface area contributed by atoms with E-state index in [4.69, 9.17) is 0 Å². The number of phenols is 1. The molecule has 1 N–H and O–H groups in total. The highest BCUT2D eigenvalue weighted by Gasteiger charge is 2.55. The number of aromatic hydroxyl groups is 1. The van der Waals surface area contributed by atoms with Crippen molar-refractivity contribution in [2.24, 2.45) is 5.41 Å². The molecule has 0 radical (unpaired) electrons. The summed E-state index contributed by atoms with van der Waals surface area (Å²) < 4.78 is 0. The number of carbonyl (C=O) groups excluding carboxylic acids is 2. The van der Waals surface area contributed by atoms with E-state index in [1.54, 1.807) is 20.2 Å². The predicted molar refractivity (Wildman–Crippen MR) is 71.2 cm³/mol. The van der Waals surface area contributed by atoms with E-state index in [1.807, 2.05) is 0 Å². The van der Waals surface area contributed by atoms with Gasteiger partial charge in [0.05, 0.1) is 11.4 Å². The van der Waals surface area contributed by atoms with Crippen LogP contribution in [-0.2, 0) is 9.59 Å². The van der Waals surface area contributed by atoms with Gasteiger partial charge in [-0.3, -0.25) is 9.59 Å². The highest BCUT2D eigenvalue weighted by molar-refractivity contribution is 6.20. The summed E-state index contributed by atoms with van der Waals surface area (Å²) in [5.41, 5.74) is 0.338. The summed E-state index contributed by atoms with van der Waals surface area (Å²) in [6.07, 6.45) is 2.12. The van der Waals surface area contributed by atoms with Crippen molar-refractivity contribution in [3.05, 3.63) is 18.2 Å². The van der Waals surface area contributed by atoms with E-state index in [1.165, 1.54) is 21.9 Å². The number of benzene rings is 1. The van der Waals surface area contributed by atoms with Gasteiger partial charge in [-0.1, -0.05) is 6.42 Å². The fourth-order valence-electron chi connectivity index (χ4n) is 2.97. The highest BCUT2D eigenvalue weighted by atomic mass is 16.3. The van der Waals surface area contributed by atoms with Crippen LogP contribution in [0.2, 0.25) is 0 Å². The number of carbonyl (C=O) groups is 2. The Morgan fingerprint density at radius 1 is 1.05 bits per heavy atom. The van der Waals surface area contributed by atoms with Crippen LogP contribution < -0.4 is 9.80 Å². The molecule has 2 aliphatic rings. The molecule has 1 heterocycles. The summed E-state index contributed by atoms with van der Waals surface area (Å²) in [5.74, 6) is -0.219. The Morgan fingerprint density at radius 3 is 2.16 bits per heavy atom. The summed E-state index contributed by atoms with van der Waals surface area (Å²) in [7, 11) is 3.35. The van der Waals surface area contributed by atoms with E-state index >= 15 is 0 Å². The van der Waals surface area contributed by atoms with Gasteiger partial charge in [0.15, 0.2) is 0 Å². The van der Waals surface area contributed by atoms with Crippen LogP contribution in [0.15, 0.2) is 18.2 Å². The first-order valence-corrected chi connectivity index (χ1v) is 6.37. The minimum Gasteiger partial charge on any atom is -0.508 e. The first-order valence-electron chi connectivity index (χ1n) is 6.37. The van der Waals surface area contributed by atoms with Gasteiger partial charge in [0.1, 0.15) is 11.2 Å². The van der Waals surface area contributed by atoms with Gasteiger partial charge >= 0.3 is 0 Å². The van der Waals surface area contributed by atoms with Crippen molar-refractivity contribution < 1.29 is 14.7 Å². The Hall–Kier alpha value is -2.04. The molecule has 1 aromatic carbocycles. The number of phenolic OH excluding ortho intramolecular Hbond substituents is 1. The van der Waals surface area contributed by atoms with Crippen LogP contribution in [0.1, 0.15) is 19.3 Å². The molecule has 0 saturated heterocycles. The van der Waals surface area contributed by atoms with E-state index in [0.717, 1.165) is 6.42 Å². The zero-order valence-corrected chi connectivity index (χ0v) is 11.0. The van der Waals surface area contributed by atoms with Gasteiger partial charge in [-0.25, -0.2) is 0 Å². The molecule has 5 nitrogen and oxygen atoms in total. The fourth-order valence-corrected chi connectivity index (χ4v) is 2.97. The highest BCUT2D eigenvalue weighted by Crippen LogP contribution is 2.48. The zero-order valence-electron chi connectivity index (χ0n) is 11.0. The Morgan fingerprint density at radius 2 is 1.63 bits per heavy atom. The minimum absolute atomic E-state index is 0.0869. The topological polar surface area (TPSA) is 60.9 Å². The Kier molecular flexibility index (Phi) is 2.36. The summed E-state index contributed by atoms with van der Waals surface area (Å²) in [4.78, 5) is 28.2. The Bertz CT molecular complexity index is 578. The molecule has 19 heavy (non-hydrogen) atoms. The monoisotopic (exact) mass is 260 g/mol. The molecule has 0 aromatic heterocycles. The Labute approximate surface area is 111 Å². The lowest BCUT2D eigenvalue weighted by Crippen LogP contribution is -2.54. The second-order valence-electron chi connectivity index (χ2n) is 5.34. The third kappa shape index (κ3) is 1.41. The predicted octanol–water partition coefficient (Wildman–Crippen LogP) is 1.50. The third-order valence-electron chi connectivity index (χ3n) is 4.32. The molecule has 2 amide bonds. The van der Waals surface area contributed by atoms with E-state index in [0.29, 0.717) is 24.2 Å². The van der Waals surface area contributed by atoms with Crippen LogP contribution in [0, 0.1) is 5.41 Å². The van der Waals surface area contributed by atoms with Gasteiger partial charge in [0.2, 0.25) is 11.8 Å². The van der Waals surface area contributed by atoms with Crippen LogP contribution in [0.3, 0.4) is 0 Å². The molecule has 1 fully saturated rings. The van der Waals surface area contributed by atoms with E-state index < -0.39 is 5.41 Å². The number of anilines is 2. The number of amides is 2. The zero-order chi connectivity index (χ0) is 13.8. The van der Waals surface area contributed by atoms with Crippen molar-refractivity contribution in [3.63, 3.8) is 0 Å². The van der Waals surface area contributed by atoms with Gasteiger partial charge < -0.3 is 14.9 Å². The maximum Gasteiger partial charge on any atom is 0.242 e. The number of fused-ring (bicyclic) bond motifs is 1. The number of hydrogen-bond donors (Lipinski definition) is 1. The van der Waals surface area contributed by atoms with Crippen LogP contribution in [0.5, 0.6) is 5.75 Å². The SMILES string of the molecule is CN1C(=O)C2(CCC2)C(=O)N(C)c2cc(O)ccc21. The fraction of sp³-hybridized carbons (Fsp3) is 0.429. The van der Waals surface area contributed by atoms with Crippen LogP contribution in [0.4, 0.5) is 11.4 Å². The van der Waals surface area contributed by atoms with Crippen molar-refractivity contribution in [3.8, 4) is 5.75 Å². The molecular weight excluding hydrogens is 244 g/mol.